The van der Waals surface area contributed by atoms with Gasteiger partial charge < -0.3 is 9.16 Å². The maximum Gasteiger partial charge on any atom is 0.303 e. The van der Waals surface area contributed by atoms with Crippen molar-refractivity contribution in [1.82, 2.24) is 4.31 Å². The molecule has 1 aliphatic rings. The van der Waals surface area contributed by atoms with Crippen molar-refractivity contribution in [3.63, 3.8) is 0 Å². The molecular formula is C25H38N2O7SSi. The number of non-ortho nitro benzene ring substituents is 1. The lowest BCUT2D eigenvalue weighted by Crippen LogP contribution is -2.47. The van der Waals surface area contributed by atoms with Gasteiger partial charge >= 0.3 is 5.97 Å². The highest BCUT2D eigenvalue weighted by atomic mass is 32.2. The predicted molar refractivity (Wildman–Crippen MR) is 142 cm³/mol. The summed E-state index contributed by atoms with van der Waals surface area (Å²) in [7, 11) is -6.23. The molecule has 0 aliphatic heterocycles. The van der Waals surface area contributed by atoms with Gasteiger partial charge in [0.1, 0.15) is 6.10 Å². The van der Waals surface area contributed by atoms with Crippen molar-refractivity contribution in [2.75, 3.05) is 6.54 Å². The Labute approximate surface area is 215 Å². The van der Waals surface area contributed by atoms with E-state index in [1.807, 2.05) is 0 Å². The van der Waals surface area contributed by atoms with Crippen molar-refractivity contribution in [3.8, 4) is 0 Å². The highest BCUT2D eigenvalue weighted by molar-refractivity contribution is 7.89. The van der Waals surface area contributed by atoms with E-state index in [1.54, 1.807) is 18.2 Å². The van der Waals surface area contributed by atoms with Crippen LogP contribution < -0.4 is 0 Å². The van der Waals surface area contributed by atoms with Crippen molar-refractivity contribution in [1.29, 1.82) is 0 Å². The molecule has 0 N–H and O–H groups in total. The fourth-order valence-corrected chi connectivity index (χ4v) is 6.78. The Morgan fingerprint density at radius 3 is 2.33 bits per heavy atom. The van der Waals surface area contributed by atoms with E-state index >= 15 is 0 Å². The van der Waals surface area contributed by atoms with Gasteiger partial charge in [0.2, 0.25) is 10.0 Å². The Morgan fingerprint density at radius 2 is 1.83 bits per heavy atom. The molecule has 9 nitrogen and oxygen atoms in total. The molecule has 1 aliphatic carbocycles. The second-order valence-electron chi connectivity index (χ2n) is 10.5. The lowest BCUT2D eigenvalue weighted by molar-refractivity contribution is -0.384. The van der Waals surface area contributed by atoms with Crippen LogP contribution in [0.25, 0.3) is 0 Å². The van der Waals surface area contributed by atoms with E-state index in [9.17, 15) is 23.3 Å². The minimum absolute atomic E-state index is 0.0341. The lowest BCUT2D eigenvalue weighted by Gasteiger charge is -2.40. The highest BCUT2D eigenvalue weighted by Gasteiger charge is 2.42. The van der Waals surface area contributed by atoms with E-state index in [1.165, 1.54) is 35.5 Å². The van der Waals surface area contributed by atoms with Crippen LogP contribution in [0.3, 0.4) is 0 Å². The highest BCUT2D eigenvalue weighted by Crippen LogP contribution is 2.39. The minimum atomic E-state index is -4.01. The number of hydrogen-bond acceptors (Lipinski definition) is 7. The molecule has 11 heteroatoms. The zero-order chi connectivity index (χ0) is 27.3. The molecule has 0 bridgehead atoms. The van der Waals surface area contributed by atoms with Crippen LogP contribution in [0.4, 0.5) is 5.69 Å². The second kappa shape index (κ2) is 11.8. The van der Waals surface area contributed by atoms with E-state index in [0.717, 1.165) is 0 Å². The summed E-state index contributed by atoms with van der Waals surface area (Å²) < 4.78 is 41.0. The molecule has 2 rings (SSSR count). The van der Waals surface area contributed by atoms with Gasteiger partial charge in [-0.2, -0.15) is 4.31 Å². The van der Waals surface area contributed by atoms with Crippen molar-refractivity contribution in [3.05, 3.63) is 59.2 Å². The van der Waals surface area contributed by atoms with Gasteiger partial charge in [-0.1, -0.05) is 32.9 Å². The van der Waals surface area contributed by atoms with Gasteiger partial charge in [0.15, 0.2) is 8.32 Å². The number of sulfonamides is 1. The average Bonchev–Trinajstić information content (AvgIpc) is 2.94. The molecule has 0 saturated heterocycles. The summed E-state index contributed by atoms with van der Waals surface area (Å²) in [4.78, 5) is 22.1. The summed E-state index contributed by atoms with van der Waals surface area (Å²) in [6.45, 7) is 15.9. The molecule has 1 aromatic rings. The van der Waals surface area contributed by atoms with Crippen LogP contribution in [0, 0.1) is 10.1 Å². The van der Waals surface area contributed by atoms with Gasteiger partial charge in [-0.25, -0.2) is 8.42 Å². The summed E-state index contributed by atoms with van der Waals surface area (Å²) in [5.41, 5.74) is -0.187. The van der Waals surface area contributed by atoms with E-state index in [4.69, 9.17) is 9.16 Å². The number of carbonyl (C=O) groups excluding carboxylic acids is 1. The number of nitro groups is 1. The first-order valence-electron chi connectivity index (χ1n) is 12.0. The summed E-state index contributed by atoms with van der Waals surface area (Å²) in [6, 6.07) is 4.30. The van der Waals surface area contributed by atoms with Crippen molar-refractivity contribution < 1.29 is 27.3 Å². The standard InChI is InChI=1S/C25H38N2O7SSi/c1-8-9-16-26(35(31,32)24-14-11-20(12-15-24)27(29)30)21-10-13-22(33-19(2)28)18-23(17-21)34-36(6,7)25(3,4)5/h8,10-15,21-23H,1,9,16-18H2,2-7H3/t21-,22-,23+/m1/s1. The van der Waals surface area contributed by atoms with Crippen molar-refractivity contribution in [2.45, 2.75) is 88.2 Å². The van der Waals surface area contributed by atoms with E-state index < -0.39 is 41.4 Å². The molecule has 36 heavy (non-hydrogen) atoms. The first kappa shape index (κ1) is 29.9. The largest absolute Gasteiger partial charge is 0.458 e. The maximum atomic E-state index is 13.7. The quantitative estimate of drug-likeness (QED) is 0.132. The fraction of sp³-hybridized carbons (Fsp3) is 0.560. The van der Waals surface area contributed by atoms with Gasteiger partial charge in [-0.3, -0.25) is 14.9 Å². The van der Waals surface area contributed by atoms with Crippen molar-refractivity contribution in [2.24, 2.45) is 0 Å². The zero-order valence-electron chi connectivity index (χ0n) is 22.0. The molecule has 0 heterocycles. The number of benzene rings is 1. The molecule has 0 amide bonds. The number of nitrogens with zero attached hydrogens (tertiary/aromatic N) is 2. The molecule has 0 fully saturated rings. The summed E-state index contributed by atoms with van der Waals surface area (Å²) in [5, 5.41) is 11.0. The summed E-state index contributed by atoms with van der Waals surface area (Å²) in [5.74, 6) is -0.420. The van der Waals surface area contributed by atoms with Crippen molar-refractivity contribution >= 4 is 30.0 Å². The van der Waals surface area contributed by atoms with E-state index in [0.29, 0.717) is 19.3 Å². The molecule has 0 aromatic heterocycles. The summed E-state index contributed by atoms with van der Waals surface area (Å²) >= 11 is 0. The first-order chi connectivity index (χ1) is 16.6. The maximum absolute atomic E-state index is 13.7. The summed E-state index contributed by atoms with van der Waals surface area (Å²) in [6.07, 6.45) is 5.47. The smallest absolute Gasteiger partial charge is 0.303 e. The third kappa shape index (κ3) is 7.58. The van der Waals surface area contributed by atoms with Crippen LogP contribution in [0.5, 0.6) is 0 Å². The van der Waals surface area contributed by atoms with E-state index in [-0.39, 0.29) is 28.3 Å². The third-order valence-corrected chi connectivity index (χ3v) is 13.2. The molecule has 0 radical (unpaired) electrons. The molecule has 200 valence electrons. The van der Waals surface area contributed by atoms with Crippen LogP contribution in [0.15, 0.2) is 54.0 Å². The average molecular weight is 539 g/mol. The van der Waals surface area contributed by atoms with Crippen LogP contribution in [-0.2, 0) is 24.0 Å². The Balaban J connectivity index is 2.48. The van der Waals surface area contributed by atoms with Gasteiger partial charge in [0.05, 0.1) is 15.9 Å². The molecule has 1 aromatic carbocycles. The SMILES string of the molecule is C=CCCN([C@@H]1C=C[C@@H](OC(C)=O)C[C@@H](O[Si](C)(C)C(C)(C)C)C1)S(=O)(=O)c1ccc([N+](=O)[O-])cc1. The Bertz CT molecular complexity index is 1080. The number of carbonyl (C=O) groups is 1. The van der Waals surface area contributed by atoms with Gasteiger partial charge in [0.25, 0.3) is 5.69 Å². The zero-order valence-corrected chi connectivity index (χ0v) is 23.8. The fourth-order valence-electron chi connectivity index (χ4n) is 3.80. The molecule has 0 saturated carbocycles. The van der Waals surface area contributed by atoms with Gasteiger partial charge in [-0.05, 0) is 49.2 Å². The van der Waals surface area contributed by atoms with Crippen LogP contribution in [0.1, 0.15) is 47.0 Å². The Hall–Kier alpha value is -2.34. The topological polar surface area (TPSA) is 116 Å². The molecular weight excluding hydrogens is 500 g/mol. The van der Waals surface area contributed by atoms with Gasteiger partial charge in [0, 0.05) is 38.1 Å². The third-order valence-electron chi connectivity index (χ3n) is 6.71. The first-order valence-corrected chi connectivity index (χ1v) is 16.3. The predicted octanol–water partition coefficient (Wildman–Crippen LogP) is 5.20. The van der Waals surface area contributed by atoms with Crippen LogP contribution in [-0.4, -0.2) is 56.7 Å². The van der Waals surface area contributed by atoms with Crippen LogP contribution >= 0.6 is 0 Å². The van der Waals surface area contributed by atoms with Crippen LogP contribution in [0.2, 0.25) is 18.1 Å². The monoisotopic (exact) mass is 538 g/mol. The molecule has 0 unspecified atom stereocenters. The number of esters is 1. The Kier molecular flexibility index (Phi) is 9.80. The minimum Gasteiger partial charge on any atom is -0.458 e. The lowest BCUT2D eigenvalue weighted by atomic mass is 10.1. The van der Waals surface area contributed by atoms with Gasteiger partial charge in [-0.15, -0.1) is 6.58 Å². The Morgan fingerprint density at radius 1 is 1.22 bits per heavy atom. The number of ether oxygens (including phenoxy) is 1. The number of nitro benzene ring substituents is 1. The normalized spacial score (nSPS) is 21.1. The second-order valence-corrected chi connectivity index (χ2v) is 17.2. The van der Waals surface area contributed by atoms with E-state index in [2.05, 4.69) is 40.4 Å². The number of rotatable bonds is 10. The molecule has 3 atom stereocenters. The number of hydrogen-bond donors (Lipinski definition) is 0. The molecule has 0 spiro atoms.